The molecular weight excluding hydrogens is 188 g/mol. The van der Waals surface area contributed by atoms with Gasteiger partial charge in [0.15, 0.2) is 0 Å². The largest absolute Gasteiger partial charge is 0.549 e. The summed E-state index contributed by atoms with van der Waals surface area (Å²) in [7, 11) is 1.23. The van der Waals surface area contributed by atoms with E-state index in [1.807, 2.05) is 0 Å². The van der Waals surface area contributed by atoms with Crippen LogP contribution in [0.1, 0.15) is 20.8 Å². The minimum atomic E-state index is -2.12. The van der Waals surface area contributed by atoms with Crippen molar-refractivity contribution in [1.29, 1.82) is 0 Å². The van der Waals surface area contributed by atoms with Gasteiger partial charge in [-0.1, -0.05) is 20.8 Å². The Morgan fingerprint density at radius 2 is 1.50 bits per heavy atom. The second kappa shape index (κ2) is 3.96. The lowest BCUT2D eigenvalue weighted by atomic mass is 9.67. The van der Waals surface area contributed by atoms with Crippen molar-refractivity contribution < 1.29 is 24.5 Å². The SMILES string of the molecule is COCC(C(=O)[O-])(C(=O)[O-])C(C)(C)C. The van der Waals surface area contributed by atoms with Crippen molar-refractivity contribution in [2.45, 2.75) is 20.8 Å². The van der Waals surface area contributed by atoms with E-state index in [0.29, 0.717) is 0 Å². The molecule has 0 aromatic rings. The van der Waals surface area contributed by atoms with Gasteiger partial charge in [-0.3, -0.25) is 0 Å². The molecule has 0 saturated carbocycles. The van der Waals surface area contributed by atoms with Gasteiger partial charge in [0, 0.05) is 7.11 Å². The summed E-state index contributed by atoms with van der Waals surface area (Å²) >= 11 is 0. The molecule has 0 spiro atoms. The van der Waals surface area contributed by atoms with Crippen LogP contribution in [0.3, 0.4) is 0 Å². The third kappa shape index (κ3) is 1.87. The van der Waals surface area contributed by atoms with Crippen LogP contribution in [0, 0.1) is 10.8 Å². The van der Waals surface area contributed by atoms with E-state index in [4.69, 9.17) is 0 Å². The molecule has 0 amide bonds. The van der Waals surface area contributed by atoms with Crippen molar-refractivity contribution in [3.8, 4) is 0 Å². The molecule has 5 heteroatoms. The summed E-state index contributed by atoms with van der Waals surface area (Å²) in [6, 6.07) is 0. The van der Waals surface area contributed by atoms with E-state index in [2.05, 4.69) is 4.74 Å². The van der Waals surface area contributed by atoms with Gasteiger partial charge in [-0.25, -0.2) is 0 Å². The van der Waals surface area contributed by atoms with Crippen LogP contribution in [-0.4, -0.2) is 25.7 Å². The first-order chi connectivity index (χ1) is 6.20. The maximum Gasteiger partial charge on any atom is 0.0775 e. The summed E-state index contributed by atoms with van der Waals surface area (Å²) in [4.78, 5) is 21.8. The summed E-state index contributed by atoms with van der Waals surface area (Å²) in [5.74, 6) is -3.38. The number of carboxylic acid groups (broad SMARTS) is 2. The predicted octanol–water partition coefficient (Wildman–Crippen LogP) is -1.83. The number of carbonyl (C=O) groups is 2. The number of methoxy groups -OCH3 is 1. The molecule has 0 aromatic heterocycles. The fourth-order valence-electron chi connectivity index (χ4n) is 1.25. The quantitative estimate of drug-likeness (QED) is 0.500. The number of carbonyl (C=O) groups excluding carboxylic acids is 2. The Labute approximate surface area is 82.7 Å². The van der Waals surface area contributed by atoms with Crippen LogP contribution in [0.4, 0.5) is 0 Å². The van der Waals surface area contributed by atoms with Gasteiger partial charge in [-0.05, 0) is 5.41 Å². The average molecular weight is 202 g/mol. The molecule has 82 valence electrons. The lowest BCUT2D eigenvalue weighted by Crippen LogP contribution is -2.62. The van der Waals surface area contributed by atoms with Crippen LogP contribution < -0.4 is 10.2 Å². The summed E-state index contributed by atoms with van der Waals surface area (Å²) < 4.78 is 4.61. The first-order valence-corrected chi connectivity index (χ1v) is 4.12. The van der Waals surface area contributed by atoms with E-state index in [1.165, 1.54) is 27.9 Å². The molecule has 0 heterocycles. The third-order valence-electron chi connectivity index (χ3n) is 2.34. The number of carboxylic acids is 2. The fraction of sp³-hybridized carbons (Fsp3) is 0.778. The lowest BCUT2D eigenvalue weighted by Gasteiger charge is -2.45. The Morgan fingerprint density at radius 3 is 1.57 bits per heavy atom. The Kier molecular flexibility index (Phi) is 3.65. The van der Waals surface area contributed by atoms with Crippen LogP contribution in [0.5, 0.6) is 0 Å². The van der Waals surface area contributed by atoms with Crippen LogP contribution >= 0.6 is 0 Å². The van der Waals surface area contributed by atoms with E-state index in [9.17, 15) is 19.8 Å². The highest BCUT2D eigenvalue weighted by Gasteiger charge is 2.45. The van der Waals surface area contributed by atoms with E-state index in [-0.39, 0.29) is 0 Å². The van der Waals surface area contributed by atoms with E-state index in [1.54, 1.807) is 0 Å². The highest BCUT2D eigenvalue weighted by atomic mass is 16.5. The van der Waals surface area contributed by atoms with Gasteiger partial charge in [0.2, 0.25) is 0 Å². The molecular formula is C9H14O5-2. The van der Waals surface area contributed by atoms with E-state index < -0.39 is 29.4 Å². The second-order valence-electron chi connectivity index (χ2n) is 4.16. The topological polar surface area (TPSA) is 89.5 Å². The van der Waals surface area contributed by atoms with Crippen molar-refractivity contribution in [1.82, 2.24) is 0 Å². The number of hydrogen-bond donors (Lipinski definition) is 0. The van der Waals surface area contributed by atoms with Crippen LogP contribution in [0.25, 0.3) is 0 Å². The summed E-state index contributed by atoms with van der Waals surface area (Å²) in [6.07, 6.45) is 0. The molecule has 0 N–H and O–H groups in total. The normalized spacial score (nSPS) is 12.6. The molecule has 0 aliphatic rings. The molecule has 0 aromatic carbocycles. The highest BCUT2D eigenvalue weighted by molar-refractivity contribution is 5.97. The Hall–Kier alpha value is -1.10. The third-order valence-corrected chi connectivity index (χ3v) is 2.34. The van der Waals surface area contributed by atoms with E-state index in [0.717, 1.165) is 0 Å². The zero-order chi connectivity index (χ0) is 11.6. The summed E-state index contributed by atoms with van der Waals surface area (Å²) in [5.41, 5.74) is -3.16. The minimum absolute atomic E-state index is 0.471. The van der Waals surface area contributed by atoms with Gasteiger partial charge in [0.1, 0.15) is 0 Å². The fourth-order valence-corrected chi connectivity index (χ4v) is 1.25. The number of ether oxygens (including phenoxy) is 1. The smallest absolute Gasteiger partial charge is 0.0775 e. The zero-order valence-electron chi connectivity index (χ0n) is 8.75. The molecule has 0 bridgehead atoms. The zero-order valence-corrected chi connectivity index (χ0v) is 8.75. The standard InChI is InChI=1S/C9H16O5/c1-8(2,3)9(5-14-4,6(10)11)7(12)13/h5H2,1-4H3,(H,10,11)(H,12,13)/p-2. The molecule has 0 unspecified atom stereocenters. The van der Waals surface area contributed by atoms with Crippen molar-refractivity contribution in [2.75, 3.05) is 13.7 Å². The maximum atomic E-state index is 10.9. The Balaban J connectivity index is 5.39. The van der Waals surface area contributed by atoms with Gasteiger partial charge in [-0.15, -0.1) is 0 Å². The molecule has 0 fully saturated rings. The first-order valence-electron chi connectivity index (χ1n) is 4.12. The van der Waals surface area contributed by atoms with Crippen LogP contribution in [-0.2, 0) is 14.3 Å². The second-order valence-corrected chi connectivity index (χ2v) is 4.16. The maximum absolute atomic E-state index is 10.9. The van der Waals surface area contributed by atoms with Crippen molar-refractivity contribution in [3.63, 3.8) is 0 Å². The van der Waals surface area contributed by atoms with Crippen molar-refractivity contribution in [2.24, 2.45) is 10.8 Å². The molecule has 0 atom stereocenters. The molecule has 0 rings (SSSR count). The first kappa shape index (κ1) is 12.9. The average Bonchev–Trinajstić information content (AvgIpc) is 1.95. The number of aliphatic carboxylic acids is 2. The van der Waals surface area contributed by atoms with Gasteiger partial charge in [0.05, 0.1) is 24.0 Å². The Bertz CT molecular complexity index is 224. The van der Waals surface area contributed by atoms with Gasteiger partial charge < -0.3 is 24.5 Å². The van der Waals surface area contributed by atoms with E-state index >= 15 is 0 Å². The van der Waals surface area contributed by atoms with Crippen molar-refractivity contribution >= 4 is 11.9 Å². The van der Waals surface area contributed by atoms with Gasteiger partial charge in [0.25, 0.3) is 0 Å². The molecule has 5 nitrogen and oxygen atoms in total. The minimum Gasteiger partial charge on any atom is -0.549 e. The number of hydrogen-bond acceptors (Lipinski definition) is 5. The van der Waals surface area contributed by atoms with Crippen molar-refractivity contribution in [3.05, 3.63) is 0 Å². The van der Waals surface area contributed by atoms with Gasteiger partial charge >= 0.3 is 0 Å². The Morgan fingerprint density at radius 1 is 1.14 bits per heavy atom. The van der Waals surface area contributed by atoms with Crippen LogP contribution in [0.2, 0.25) is 0 Å². The number of rotatable bonds is 4. The predicted molar refractivity (Wildman–Crippen MR) is 43.8 cm³/mol. The molecule has 0 aliphatic heterocycles. The summed E-state index contributed by atoms with van der Waals surface area (Å²) in [5, 5.41) is 21.8. The molecule has 0 radical (unpaired) electrons. The van der Waals surface area contributed by atoms with Gasteiger partial charge in [-0.2, -0.15) is 0 Å². The van der Waals surface area contributed by atoms with Crippen LogP contribution in [0.15, 0.2) is 0 Å². The summed E-state index contributed by atoms with van der Waals surface area (Å²) in [6.45, 7) is 3.98. The molecule has 0 aliphatic carbocycles. The monoisotopic (exact) mass is 202 g/mol. The molecule has 14 heavy (non-hydrogen) atoms. The highest BCUT2D eigenvalue weighted by Crippen LogP contribution is 2.38. The lowest BCUT2D eigenvalue weighted by molar-refractivity contribution is -0.352. The molecule has 0 saturated heterocycles.